The van der Waals surface area contributed by atoms with E-state index >= 15 is 0 Å². The Morgan fingerprint density at radius 2 is 1.95 bits per heavy atom. The molecule has 2 rings (SSSR count). The van der Waals surface area contributed by atoms with Crippen molar-refractivity contribution in [2.24, 2.45) is 4.99 Å². The third kappa shape index (κ3) is 3.58. The summed E-state index contributed by atoms with van der Waals surface area (Å²) in [5, 5.41) is 9.71. The van der Waals surface area contributed by atoms with Gasteiger partial charge in [0.15, 0.2) is 0 Å². The molecule has 0 radical (unpaired) electrons. The Balaban J connectivity index is 2.27. The number of hydrogen-bond donors (Lipinski definition) is 1. The van der Waals surface area contributed by atoms with Crippen molar-refractivity contribution < 1.29 is 9.84 Å². The number of halogens is 2. The molecule has 0 unspecified atom stereocenters. The minimum Gasteiger partial charge on any atom is -0.507 e. The van der Waals surface area contributed by atoms with Gasteiger partial charge in [0, 0.05) is 16.3 Å². The highest BCUT2D eigenvalue weighted by molar-refractivity contribution is 9.10. The van der Waals surface area contributed by atoms with E-state index in [4.69, 9.17) is 4.74 Å². The normalized spacial score (nSPS) is 10.9. The molecular weight excluding hydrogens is 374 g/mol. The van der Waals surface area contributed by atoms with E-state index in [9.17, 15) is 5.11 Å². The molecule has 0 aliphatic rings. The lowest BCUT2D eigenvalue weighted by Crippen LogP contribution is -1.84. The van der Waals surface area contributed by atoms with Gasteiger partial charge in [-0.15, -0.1) is 0 Å². The number of phenolic OH excluding ortho intramolecular Hbond substituents is 1. The van der Waals surface area contributed by atoms with Crippen LogP contribution in [0, 0.1) is 0 Å². The summed E-state index contributed by atoms with van der Waals surface area (Å²) < 4.78 is 6.88. The first-order chi connectivity index (χ1) is 9.10. The Labute approximate surface area is 128 Å². The summed E-state index contributed by atoms with van der Waals surface area (Å²) >= 11 is 6.76. The van der Waals surface area contributed by atoms with Crippen molar-refractivity contribution in [1.29, 1.82) is 0 Å². The molecule has 0 saturated carbocycles. The average Bonchev–Trinajstić information content (AvgIpc) is 2.40. The van der Waals surface area contributed by atoms with Gasteiger partial charge in [-0.2, -0.15) is 0 Å². The summed E-state index contributed by atoms with van der Waals surface area (Å²) in [6, 6.07) is 10.7. The second kappa shape index (κ2) is 6.21. The molecular formula is C14H11Br2NO2. The van der Waals surface area contributed by atoms with Gasteiger partial charge in [-0.25, -0.2) is 0 Å². The Morgan fingerprint density at radius 3 is 2.63 bits per heavy atom. The second-order valence-corrected chi connectivity index (χ2v) is 5.55. The first-order valence-corrected chi connectivity index (χ1v) is 7.05. The zero-order valence-electron chi connectivity index (χ0n) is 10.1. The summed E-state index contributed by atoms with van der Waals surface area (Å²) in [5.41, 5.74) is 1.42. The van der Waals surface area contributed by atoms with Gasteiger partial charge in [0.05, 0.1) is 17.3 Å². The van der Waals surface area contributed by atoms with Crippen LogP contribution in [0.5, 0.6) is 11.5 Å². The smallest absolute Gasteiger partial charge is 0.133 e. The van der Waals surface area contributed by atoms with Crippen LogP contribution >= 0.6 is 31.9 Å². The van der Waals surface area contributed by atoms with Crippen molar-refractivity contribution >= 4 is 43.8 Å². The quantitative estimate of drug-likeness (QED) is 0.780. The monoisotopic (exact) mass is 383 g/mol. The van der Waals surface area contributed by atoms with Crippen LogP contribution in [0.4, 0.5) is 5.69 Å². The fourth-order valence-corrected chi connectivity index (χ4v) is 2.42. The number of aromatic hydroxyl groups is 1. The third-order valence-electron chi connectivity index (χ3n) is 2.48. The largest absolute Gasteiger partial charge is 0.507 e. The molecule has 5 heteroatoms. The maximum atomic E-state index is 9.71. The molecule has 0 saturated heterocycles. The van der Waals surface area contributed by atoms with Crippen LogP contribution in [-0.2, 0) is 0 Å². The van der Waals surface area contributed by atoms with Crippen LogP contribution in [0.1, 0.15) is 5.56 Å². The molecule has 2 aromatic carbocycles. The van der Waals surface area contributed by atoms with Crippen molar-refractivity contribution in [2.75, 3.05) is 7.11 Å². The number of methoxy groups -OCH3 is 1. The molecule has 0 aliphatic carbocycles. The zero-order chi connectivity index (χ0) is 13.8. The highest BCUT2D eigenvalue weighted by Gasteiger charge is 2.01. The highest BCUT2D eigenvalue weighted by atomic mass is 79.9. The zero-order valence-corrected chi connectivity index (χ0v) is 13.3. The van der Waals surface area contributed by atoms with E-state index in [2.05, 4.69) is 36.9 Å². The first kappa shape index (κ1) is 14.1. The molecule has 0 fully saturated rings. The number of phenols is 1. The number of benzene rings is 2. The number of rotatable bonds is 3. The second-order valence-electron chi connectivity index (χ2n) is 3.78. The van der Waals surface area contributed by atoms with Crippen LogP contribution in [0.3, 0.4) is 0 Å². The summed E-state index contributed by atoms with van der Waals surface area (Å²) in [4.78, 5) is 4.32. The standard InChI is InChI=1S/C14H11Br2NO2/c1-19-14-5-3-11(7-12(14)16)17-8-9-6-10(15)2-4-13(9)18/h2-8,18H,1H3. The molecule has 19 heavy (non-hydrogen) atoms. The first-order valence-electron chi connectivity index (χ1n) is 5.46. The Kier molecular flexibility index (Phi) is 4.61. The molecule has 3 nitrogen and oxygen atoms in total. The summed E-state index contributed by atoms with van der Waals surface area (Å²) in [7, 11) is 1.61. The summed E-state index contributed by atoms with van der Waals surface area (Å²) in [5.74, 6) is 0.948. The number of hydrogen-bond acceptors (Lipinski definition) is 3. The molecule has 1 N–H and O–H groups in total. The molecule has 0 aliphatic heterocycles. The number of aliphatic imine (C=N–C) groups is 1. The van der Waals surface area contributed by atoms with E-state index in [1.807, 2.05) is 18.2 Å². The van der Waals surface area contributed by atoms with E-state index in [0.29, 0.717) is 5.56 Å². The number of ether oxygens (including phenoxy) is 1. The number of nitrogens with zero attached hydrogens (tertiary/aromatic N) is 1. The fraction of sp³-hybridized carbons (Fsp3) is 0.0714. The van der Waals surface area contributed by atoms with Gasteiger partial charge in [0.1, 0.15) is 11.5 Å². The molecule has 0 amide bonds. The van der Waals surface area contributed by atoms with Gasteiger partial charge >= 0.3 is 0 Å². The molecule has 0 spiro atoms. The van der Waals surface area contributed by atoms with E-state index in [0.717, 1.165) is 20.4 Å². The lowest BCUT2D eigenvalue weighted by molar-refractivity contribution is 0.412. The predicted octanol–water partition coefficient (Wildman–Crippen LogP) is 4.68. The molecule has 98 valence electrons. The minimum absolute atomic E-state index is 0.194. The lowest BCUT2D eigenvalue weighted by atomic mass is 10.2. The maximum absolute atomic E-state index is 9.71. The van der Waals surface area contributed by atoms with Gasteiger partial charge < -0.3 is 9.84 Å². The lowest BCUT2D eigenvalue weighted by Gasteiger charge is -2.03. The van der Waals surface area contributed by atoms with Gasteiger partial charge in [-0.05, 0) is 52.3 Å². The predicted molar refractivity (Wildman–Crippen MR) is 83.8 cm³/mol. The topological polar surface area (TPSA) is 41.8 Å². The van der Waals surface area contributed by atoms with Gasteiger partial charge in [0.25, 0.3) is 0 Å². The molecule has 0 atom stereocenters. The van der Waals surface area contributed by atoms with Crippen LogP contribution in [0.25, 0.3) is 0 Å². The molecule has 0 heterocycles. The van der Waals surface area contributed by atoms with Crippen LogP contribution in [0.2, 0.25) is 0 Å². The SMILES string of the molecule is COc1ccc(N=Cc2cc(Br)ccc2O)cc1Br. The summed E-state index contributed by atoms with van der Waals surface area (Å²) in [6.07, 6.45) is 1.62. The van der Waals surface area contributed by atoms with Gasteiger partial charge in [-0.1, -0.05) is 15.9 Å². The van der Waals surface area contributed by atoms with Crippen LogP contribution in [-0.4, -0.2) is 18.4 Å². The van der Waals surface area contributed by atoms with Crippen molar-refractivity contribution in [3.63, 3.8) is 0 Å². The van der Waals surface area contributed by atoms with Crippen LogP contribution in [0.15, 0.2) is 50.3 Å². The van der Waals surface area contributed by atoms with Crippen LogP contribution < -0.4 is 4.74 Å². The van der Waals surface area contributed by atoms with Gasteiger partial charge in [-0.3, -0.25) is 4.99 Å². The van der Waals surface area contributed by atoms with Gasteiger partial charge in [0.2, 0.25) is 0 Å². The van der Waals surface area contributed by atoms with E-state index in [1.165, 1.54) is 0 Å². The van der Waals surface area contributed by atoms with Crippen molar-refractivity contribution in [3.8, 4) is 11.5 Å². The highest BCUT2D eigenvalue weighted by Crippen LogP contribution is 2.29. The van der Waals surface area contributed by atoms with Crippen molar-refractivity contribution in [3.05, 3.63) is 50.9 Å². The summed E-state index contributed by atoms with van der Waals surface area (Å²) in [6.45, 7) is 0. The maximum Gasteiger partial charge on any atom is 0.133 e. The fourth-order valence-electron chi connectivity index (χ4n) is 1.51. The average molecular weight is 385 g/mol. The van der Waals surface area contributed by atoms with Crippen molar-refractivity contribution in [2.45, 2.75) is 0 Å². The third-order valence-corrected chi connectivity index (χ3v) is 3.59. The Hall–Kier alpha value is -1.33. The van der Waals surface area contributed by atoms with E-state index in [1.54, 1.807) is 31.5 Å². The van der Waals surface area contributed by atoms with E-state index < -0.39 is 0 Å². The molecule has 0 aromatic heterocycles. The van der Waals surface area contributed by atoms with Crippen molar-refractivity contribution in [1.82, 2.24) is 0 Å². The molecule has 2 aromatic rings. The Morgan fingerprint density at radius 1 is 1.16 bits per heavy atom. The molecule has 0 bridgehead atoms. The minimum atomic E-state index is 0.194. The Bertz CT molecular complexity index is 627. The van der Waals surface area contributed by atoms with E-state index in [-0.39, 0.29) is 5.75 Å².